The topological polar surface area (TPSA) is 21.3 Å². The Morgan fingerprint density at radius 2 is 1.52 bits per heavy atom. The minimum absolute atomic E-state index is 0.206. The van der Waals surface area contributed by atoms with Gasteiger partial charge in [-0.25, -0.2) is 0 Å². The first-order valence-electron chi connectivity index (χ1n) is 7.12. The van der Waals surface area contributed by atoms with Gasteiger partial charge in [0.05, 0.1) is 13.2 Å². The minimum atomic E-state index is 0.206. The first kappa shape index (κ1) is 13.7. The molecule has 1 unspecified atom stereocenters. The SMILES string of the molecule is CNC(c1ccccc1)c1ccc2cc(OC)ccc2c1. The monoisotopic (exact) mass is 277 g/mol. The predicted molar refractivity (Wildman–Crippen MR) is 87.8 cm³/mol. The number of rotatable bonds is 4. The molecule has 0 aliphatic rings. The van der Waals surface area contributed by atoms with Crippen LogP contribution in [0.25, 0.3) is 10.8 Å². The van der Waals surface area contributed by atoms with Crippen LogP contribution in [0.15, 0.2) is 66.7 Å². The van der Waals surface area contributed by atoms with Crippen LogP contribution in [0.1, 0.15) is 17.2 Å². The van der Waals surface area contributed by atoms with Gasteiger partial charge in [0.25, 0.3) is 0 Å². The van der Waals surface area contributed by atoms with Gasteiger partial charge in [-0.1, -0.05) is 48.5 Å². The van der Waals surface area contributed by atoms with Crippen molar-refractivity contribution in [1.82, 2.24) is 5.32 Å². The van der Waals surface area contributed by atoms with E-state index in [1.165, 1.54) is 21.9 Å². The number of hydrogen-bond donors (Lipinski definition) is 1. The fourth-order valence-corrected chi connectivity index (χ4v) is 2.72. The largest absolute Gasteiger partial charge is 0.497 e. The van der Waals surface area contributed by atoms with Gasteiger partial charge in [-0.05, 0) is 47.1 Å². The molecule has 0 heterocycles. The van der Waals surface area contributed by atoms with E-state index >= 15 is 0 Å². The minimum Gasteiger partial charge on any atom is -0.497 e. The Balaban J connectivity index is 2.03. The summed E-state index contributed by atoms with van der Waals surface area (Å²) in [6.07, 6.45) is 0. The Labute approximate surface area is 125 Å². The van der Waals surface area contributed by atoms with Gasteiger partial charge in [0.1, 0.15) is 5.75 Å². The van der Waals surface area contributed by atoms with Crippen LogP contribution in [0.2, 0.25) is 0 Å². The molecule has 1 N–H and O–H groups in total. The molecule has 3 rings (SSSR count). The first-order chi connectivity index (χ1) is 10.3. The van der Waals surface area contributed by atoms with Gasteiger partial charge in [0.2, 0.25) is 0 Å². The second-order valence-corrected chi connectivity index (χ2v) is 5.10. The molecule has 21 heavy (non-hydrogen) atoms. The molecule has 1 atom stereocenters. The van der Waals surface area contributed by atoms with Crippen molar-refractivity contribution < 1.29 is 4.74 Å². The van der Waals surface area contributed by atoms with Crippen molar-refractivity contribution in [2.24, 2.45) is 0 Å². The average Bonchev–Trinajstić information content (AvgIpc) is 2.56. The molecule has 0 saturated carbocycles. The summed E-state index contributed by atoms with van der Waals surface area (Å²) in [4.78, 5) is 0. The highest BCUT2D eigenvalue weighted by Crippen LogP contribution is 2.27. The van der Waals surface area contributed by atoms with E-state index in [0.717, 1.165) is 5.75 Å². The molecule has 0 aromatic heterocycles. The first-order valence-corrected chi connectivity index (χ1v) is 7.12. The fraction of sp³-hybridized carbons (Fsp3) is 0.158. The molecule has 0 amide bonds. The molecule has 0 saturated heterocycles. The highest BCUT2D eigenvalue weighted by molar-refractivity contribution is 5.84. The summed E-state index contributed by atoms with van der Waals surface area (Å²) >= 11 is 0. The lowest BCUT2D eigenvalue weighted by Crippen LogP contribution is -2.17. The summed E-state index contributed by atoms with van der Waals surface area (Å²) in [5.41, 5.74) is 2.54. The van der Waals surface area contributed by atoms with E-state index in [1.807, 2.05) is 19.2 Å². The third-order valence-electron chi connectivity index (χ3n) is 3.83. The normalized spacial score (nSPS) is 12.3. The summed E-state index contributed by atoms with van der Waals surface area (Å²) < 4.78 is 5.28. The van der Waals surface area contributed by atoms with Crippen LogP contribution in [0.5, 0.6) is 5.75 Å². The zero-order valence-corrected chi connectivity index (χ0v) is 12.3. The third kappa shape index (κ3) is 2.76. The van der Waals surface area contributed by atoms with E-state index in [4.69, 9.17) is 4.74 Å². The van der Waals surface area contributed by atoms with Crippen molar-refractivity contribution in [2.75, 3.05) is 14.2 Å². The van der Waals surface area contributed by atoms with E-state index in [0.29, 0.717) is 0 Å². The molecular formula is C19H19NO. The Morgan fingerprint density at radius 3 is 2.24 bits per heavy atom. The van der Waals surface area contributed by atoms with Crippen LogP contribution in [-0.4, -0.2) is 14.2 Å². The standard InChI is InChI=1S/C19H19NO/c1-20-19(14-6-4-3-5-7-14)17-9-8-16-13-18(21-2)11-10-15(16)12-17/h3-13,19-20H,1-2H3. The van der Waals surface area contributed by atoms with Crippen molar-refractivity contribution in [1.29, 1.82) is 0 Å². The number of hydrogen-bond acceptors (Lipinski definition) is 2. The quantitative estimate of drug-likeness (QED) is 0.773. The van der Waals surface area contributed by atoms with Crippen molar-refractivity contribution >= 4 is 10.8 Å². The summed E-state index contributed by atoms with van der Waals surface area (Å²) in [6.45, 7) is 0. The van der Waals surface area contributed by atoms with Gasteiger partial charge in [0.15, 0.2) is 0 Å². The number of ether oxygens (including phenoxy) is 1. The molecule has 3 aromatic rings. The van der Waals surface area contributed by atoms with E-state index < -0.39 is 0 Å². The molecule has 106 valence electrons. The predicted octanol–water partition coefficient (Wildman–Crippen LogP) is 4.16. The Morgan fingerprint density at radius 1 is 0.810 bits per heavy atom. The highest BCUT2D eigenvalue weighted by Gasteiger charge is 2.11. The molecule has 0 bridgehead atoms. The van der Waals surface area contributed by atoms with Crippen LogP contribution in [0.3, 0.4) is 0 Å². The Kier molecular flexibility index (Phi) is 3.89. The molecule has 0 spiro atoms. The zero-order chi connectivity index (χ0) is 14.7. The number of fused-ring (bicyclic) bond motifs is 1. The highest BCUT2D eigenvalue weighted by atomic mass is 16.5. The summed E-state index contributed by atoms with van der Waals surface area (Å²) in [5, 5.41) is 5.82. The number of benzene rings is 3. The van der Waals surface area contributed by atoms with E-state index in [9.17, 15) is 0 Å². The molecule has 0 radical (unpaired) electrons. The second kappa shape index (κ2) is 5.98. The molecule has 2 heteroatoms. The van der Waals surface area contributed by atoms with Crippen molar-refractivity contribution in [2.45, 2.75) is 6.04 Å². The summed E-state index contributed by atoms with van der Waals surface area (Å²) in [6, 6.07) is 23.4. The second-order valence-electron chi connectivity index (χ2n) is 5.10. The van der Waals surface area contributed by atoms with Crippen LogP contribution in [0.4, 0.5) is 0 Å². The summed E-state index contributed by atoms with van der Waals surface area (Å²) in [7, 11) is 3.69. The van der Waals surface area contributed by atoms with Crippen molar-refractivity contribution in [3.8, 4) is 5.75 Å². The Bertz CT molecular complexity index is 737. The maximum atomic E-state index is 5.28. The molecule has 0 aliphatic carbocycles. The van der Waals surface area contributed by atoms with Gasteiger partial charge in [-0.3, -0.25) is 0 Å². The van der Waals surface area contributed by atoms with E-state index in [2.05, 4.69) is 59.9 Å². The van der Waals surface area contributed by atoms with Gasteiger partial charge in [-0.15, -0.1) is 0 Å². The molecule has 0 aliphatic heterocycles. The molecular weight excluding hydrogens is 258 g/mol. The molecule has 3 aromatic carbocycles. The number of nitrogens with one attached hydrogen (secondary N) is 1. The zero-order valence-electron chi connectivity index (χ0n) is 12.3. The Hall–Kier alpha value is -2.32. The van der Waals surface area contributed by atoms with E-state index in [1.54, 1.807) is 7.11 Å². The van der Waals surface area contributed by atoms with Gasteiger partial charge < -0.3 is 10.1 Å². The lowest BCUT2D eigenvalue weighted by molar-refractivity contribution is 0.415. The maximum Gasteiger partial charge on any atom is 0.119 e. The molecule has 0 fully saturated rings. The lowest BCUT2D eigenvalue weighted by atomic mass is 9.96. The maximum absolute atomic E-state index is 5.28. The van der Waals surface area contributed by atoms with Crippen LogP contribution in [-0.2, 0) is 0 Å². The van der Waals surface area contributed by atoms with Gasteiger partial charge in [0, 0.05) is 0 Å². The third-order valence-corrected chi connectivity index (χ3v) is 3.83. The van der Waals surface area contributed by atoms with Crippen molar-refractivity contribution in [3.63, 3.8) is 0 Å². The van der Waals surface area contributed by atoms with Gasteiger partial charge in [-0.2, -0.15) is 0 Å². The van der Waals surface area contributed by atoms with Crippen LogP contribution in [0, 0.1) is 0 Å². The number of methoxy groups -OCH3 is 1. The average molecular weight is 277 g/mol. The van der Waals surface area contributed by atoms with E-state index in [-0.39, 0.29) is 6.04 Å². The molecule has 2 nitrogen and oxygen atoms in total. The lowest BCUT2D eigenvalue weighted by Gasteiger charge is -2.18. The fourth-order valence-electron chi connectivity index (χ4n) is 2.72. The smallest absolute Gasteiger partial charge is 0.119 e. The van der Waals surface area contributed by atoms with Gasteiger partial charge >= 0.3 is 0 Å². The van der Waals surface area contributed by atoms with Crippen molar-refractivity contribution in [3.05, 3.63) is 77.9 Å². The van der Waals surface area contributed by atoms with Crippen LogP contribution >= 0.6 is 0 Å². The van der Waals surface area contributed by atoms with Crippen LogP contribution < -0.4 is 10.1 Å². The summed E-state index contributed by atoms with van der Waals surface area (Å²) in [5.74, 6) is 0.892.